The smallest absolute Gasteiger partial charge is 0.318 e. The molecule has 0 N–H and O–H groups in total. The fourth-order valence-electron chi connectivity index (χ4n) is 4.48. The van der Waals surface area contributed by atoms with Gasteiger partial charge in [0.1, 0.15) is 0 Å². The van der Waals surface area contributed by atoms with Crippen LogP contribution in [0.3, 0.4) is 0 Å². The quantitative estimate of drug-likeness (QED) is 0.623. The van der Waals surface area contributed by atoms with Crippen molar-refractivity contribution in [2.75, 3.05) is 24.7 Å². The first-order chi connectivity index (χ1) is 15.3. The second-order valence-corrected chi connectivity index (χ2v) is 8.52. The molecule has 1 aromatic carbocycles. The topological polar surface area (TPSA) is 77.2 Å². The molecule has 0 unspecified atom stereocenters. The van der Waals surface area contributed by atoms with Gasteiger partial charge in [-0.25, -0.2) is 4.98 Å². The van der Waals surface area contributed by atoms with E-state index in [1.807, 2.05) is 12.4 Å². The Hall–Kier alpha value is -3.06. The normalized spacial score (nSPS) is 20.6. The summed E-state index contributed by atoms with van der Waals surface area (Å²) in [7, 11) is 0. The number of hydrogen-bond donors (Lipinski definition) is 0. The molecule has 7 heteroatoms. The molecule has 0 bridgehead atoms. The summed E-state index contributed by atoms with van der Waals surface area (Å²) >= 11 is 0. The maximum Gasteiger partial charge on any atom is 0.318 e. The van der Waals surface area contributed by atoms with E-state index in [1.165, 1.54) is 24.0 Å². The third-order valence-electron chi connectivity index (χ3n) is 6.46. The highest BCUT2D eigenvalue weighted by molar-refractivity contribution is 5.84. The van der Waals surface area contributed by atoms with Crippen molar-refractivity contribution < 1.29 is 9.15 Å². The van der Waals surface area contributed by atoms with E-state index in [4.69, 9.17) is 14.1 Å². The Morgan fingerprint density at radius 2 is 2.10 bits per heavy atom. The summed E-state index contributed by atoms with van der Waals surface area (Å²) in [4.78, 5) is 11.5. The van der Waals surface area contributed by atoms with Gasteiger partial charge in [0, 0.05) is 29.8 Å². The molecule has 2 aromatic heterocycles. The van der Waals surface area contributed by atoms with E-state index in [0.29, 0.717) is 31.0 Å². The molecule has 1 aliphatic heterocycles. The summed E-state index contributed by atoms with van der Waals surface area (Å²) < 4.78 is 11.7. The summed E-state index contributed by atoms with van der Waals surface area (Å²) in [5, 5.41) is 8.69. The molecule has 7 nitrogen and oxygen atoms in total. The third kappa shape index (κ3) is 3.43. The number of benzene rings is 1. The molecule has 6 rings (SSSR count). The highest BCUT2D eigenvalue weighted by atomic mass is 16.5. The standard InChI is InChI=1S/C24H25N5O2/c1-2-18-14-30-10-9-29(18)24-28-27-23(31-24)17-6-3-15-7-8-19(20(15)11-17)22-13-25-12-21(26-22)16-4-5-16/h3,6,8,11-13,16,18H,2,4-5,7,9-10,14H2,1H3/t18-/m0/s1. The van der Waals surface area contributed by atoms with Gasteiger partial charge in [0.15, 0.2) is 0 Å². The predicted octanol–water partition coefficient (Wildman–Crippen LogP) is 4.01. The summed E-state index contributed by atoms with van der Waals surface area (Å²) in [6.45, 7) is 4.30. The molecule has 1 saturated heterocycles. The van der Waals surface area contributed by atoms with Crippen molar-refractivity contribution in [1.29, 1.82) is 0 Å². The fourth-order valence-corrected chi connectivity index (χ4v) is 4.48. The van der Waals surface area contributed by atoms with Crippen molar-refractivity contribution >= 4 is 11.6 Å². The number of morpholine rings is 1. The first-order valence-corrected chi connectivity index (χ1v) is 11.1. The molecule has 0 radical (unpaired) electrons. The minimum absolute atomic E-state index is 0.272. The third-order valence-corrected chi connectivity index (χ3v) is 6.46. The SMILES string of the molecule is CC[C@H]1COCCN1c1nnc(-c2ccc3c(c2)C(c2cncc(C4CC4)n2)=CC3)o1. The van der Waals surface area contributed by atoms with E-state index in [1.54, 1.807) is 0 Å². The van der Waals surface area contributed by atoms with E-state index in [0.717, 1.165) is 41.9 Å². The number of hydrogen-bond acceptors (Lipinski definition) is 7. The fraction of sp³-hybridized carbons (Fsp3) is 0.417. The molecule has 158 valence electrons. The van der Waals surface area contributed by atoms with Crippen molar-refractivity contribution in [3.8, 4) is 11.5 Å². The van der Waals surface area contributed by atoms with Gasteiger partial charge in [-0.05, 0) is 48.9 Å². The number of allylic oxidation sites excluding steroid dienone is 1. The van der Waals surface area contributed by atoms with Gasteiger partial charge < -0.3 is 14.1 Å². The van der Waals surface area contributed by atoms with Crippen LogP contribution in [0.15, 0.2) is 41.1 Å². The van der Waals surface area contributed by atoms with E-state index >= 15 is 0 Å². The lowest BCUT2D eigenvalue weighted by atomic mass is 10.0. The van der Waals surface area contributed by atoms with E-state index in [9.17, 15) is 0 Å². The lowest BCUT2D eigenvalue weighted by molar-refractivity contribution is 0.0901. The predicted molar refractivity (Wildman–Crippen MR) is 117 cm³/mol. The summed E-state index contributed by atoms with van der Waals surface area (Å²) in [5.41, 5.74) is 6.60. The molecule has 31 heavy (non-hydrogen) atoms. The molecule has 3 aromatic rings. The van der Waals surface area contributed by atoms with Crippen molar-refractivity contribution in [2.45, 2.75) is 44.6 Å². The van der Waals surface area contributed by atoms with Crippen LogP contribution in [0, 0.1) is 0 Å². The van der Waals surface area contributed by atoms with Crippen LogP contribution in [0.1, 0.15) is 54.6 Å². The average Bonchev–Trinajstić information content (AvgIpc) is 3.41. The maximum absolute atomic E-state index is 6.10. The molecule has 0 spiro atoms. The van der Waals surface area contributed by atoms with Gasteiger partial charge in [0.05, 0.1) is 36.8 Å². The molecular weight excluding hydrogens is 390 g/mol. The highest BCUT2D eigenvalue weighted by Gasteiger charge is 2.28. The van der Waals surface area contributed by atoms with Crippen LogP contribution in [-0.2, 0) is 11.2 Å². The van der Waals surface area contributed by atoms with Crippen LogP contribution in [0.25, 0.3) is 17.0 Å². The number of aromatic nitrogens is 4. The Balaban J connectivity index is 1.30. The van der Waals surface area contributed by atoms with Crippen LogP contribution in [0.4, 0.5) is 6.01 Å². The van der Waals surface area contributed by atoms with Crippen LogP contribution >= 0.6 is 0 Å². The minimum atomic E-state index is 0.272. The molecule has 3 heterocycles. The Labute approximate surface area is 181 Å². The lowest BCUT2D eigenvalue weighted by Gasteiger charge is -2.33. The van der Waals surface area contributed by atoms with Gasteiger partial charge >= 0.3 is 6.01 Å². The van der Waals surface area contributed by atoms with E-state index in [2.05, 4.69) is 51.3 Å². The van der Waals surface area contributed by atoms with Crippen LogP contribution in [-0.4, -0.2) is 46.0 Å². The number of rotatable bonds is 5. The molecule has 2 aliphatic carbocycles. The molecule has 2 fully saturated rings. The van der Waals surface area contributed by atoms with Crippen LogP contribution in [0.2, 0.25) is 0 Å². The lowest BCUT2D eigenvalue weighted by Crippen LogP contribution is -2.45. The highest BCUT2D eigenvalue weighted by Crippen LogP contribution is 2.40. The van der Waals surface area contributed by atoms with Crippen molar-refractivity contribution in [3.05, 3.63) is 59.2 Å². The van der Waals surface area contributed by atoms with Gasteiger partial charge in [-0.15, -0.1) is 5.10 Å². The molecule has 0 amide bonds. The summed E-state index contributed by atoms with van der Waals surface area (Å²) in [6, 6.07) is 7.21. The molecule has 1 atom stereocenters. The number of nitrogens with zero attached hydrogens (tertiary/aromatic N) is 5. The minimum Gasteiger partial charge on any atom is -0.403 e. The number of fused-ring (bicyclic) bond motifs is 1. The summed E-state index contributed by atoms with van der Waals surface area (Å²) in [5.74, 6) is 1.13. The van der Waals surface area contributed by atoms with Crippen LogP contribution < -0.4 is 4.90 Å². The van der Waals surface area contributed by atoms with Gasteiger partial charge in [-0.1, -0.05) is 24.2 Å². The van der Waals surface area contributed by atoms with Gasteiger partial charge in [-0.3, -0.25) is 4.98 Å². The van der Waals surface area contributed by atoms with E-state index in [-0.39, 0.29) is 6.04 Å². The summed E-state index contributed by atoms with van der Waals surface area (Å²) in [6.07, 6.45) is 10.3. The molecule has 3 aliphatic rings. The second-order valence-electron chi connectivity index (χ2n) is 8.52. The zero-order valence-electron chi connectivity index (χ0n) is 17.6. The van der Waals surface area contributed by atoms with Gasteiger partial charge in [-0.2, -0.15) is 0 Å². The number of ether oxygens (including phenoxy) is 1. The second kappa shape index (κ2) is 7.57. The first kappa shape index (κ1) is 18.7. The zero-order valence-corrected chi connectivity index (χ0v) is 17.6. The van der Waals surface area contributed by atoms with Gasteiger partial charge in [0.2, 0.25) is 5.89 Å². The Morgan fingerprint density at radius 1 is 1.16 bits per heavy atom. The monoisotopic (exact) mass is 415 g/mol. The zero-order chi connectivity index (χ0) is 20.8. The largest absolute Gasteiger partial charge is 0.403 e. The van der Waals surface area contributed by atoms with E-state index < -0.39 is 0 Å². The number of anilines is 1. The maximum atomic E-state index is 6.10. The molecule has 1 saturated carbocycles. The Bertz CT molecular complexity index is 1150. The average molecular weight is 415 g/mol. The van der Waals surface area contributed by atoms with Gasteiger partial charge in [0.25, 0.3) is 0 Å². The van der Waals surface area contributed by atoms with Crippen LogP contribution in [0.5, 0.6) is 0 Å². The Morgan fingerprint density at radius 3 is 2.97 bits per heavy atom. The first-order valence-electron chi connectivity index (χ1n) is 11.1. The Kier molecular flexibility index (Phi) is 4.56. The van der Waals surface area contributed by atoms with Crippen molar-refractivity contribution in [3.63, 3.8) is 0 Å². The van der Waals surface area contributed by atoms with Crippen molar-refractivity contribution in [1.82, 2.24) is 20.2 Å². The molecular formula is C24H25N5O2. The van der Waals surface area contributed by atoms with Crippen molar-refractivity contribution in [2.24, 2.45) is 0 Å².